The van der Waals surface area contributed by atoms with Crippen LogP contribution in [0.3, 0.4) is 0 Å². The summed E-state index contributed by atoms with van der Waals surface area (Å²) in [7, 11) is 0.211. The highest BCUT2D eigenvalue weighted by atomic mass is 32.2. The van der Waals surface area contributed by atoms with Gasteiger partial charge in [0.2, 0.25) is 0 Å². The highest BCUT2D eigenvalue weighted by molar-refractivity contribution is 7.89. The van der Waals surface area contributed by atoms with Gasteiger partial charge in [-0.15, -0.1) is 0 Å². The van der Waals surface area contributed by atoms with Gasteiger partial charge in [0, 0.05) is 40.0 Å². The summed E-state index contributed by atoms with van der Waals surface area (Å²) >= 11 is 0. The van der Waals surface area contributed by atoms with E-state index in [1.807, 2.05) is 11.9 Å². The molecule has 0 unspecified atom stereocenters. The number of hydrogen-bond acceptors (Lipinski definition) is 4. The Morgan fingerprint density at radius 2 is 1.83 bits per heavy atom. The molecule has 0 aromatic heterocycles. The van der Waals surface area contributed by atoms with E-state index in [2.05, 4.69) is 15.6 Å². The van der Waals surface area contributed by atoms with Gasteiger partial charge in [0.05, 0.1) is 11.4 Å². The van der Waals surface area contributed by atoms with Gasteiger partial charge in [-0.2, -0.15) is 0 Å². The normalized spacial score (nSPS) is 12.0. The quantitative estimate of drug-likeness (QED) is 0.358. The van der Waals surface area contributed by atoms with E-state index in [0.29, 0.717) is 35.9 Å². The van der Waals surface area contributed by atoms with Gasteiger partial charge in [-0.3, -0.25) is 4.99 Å². The molecule has 0 saturated carbocycles. The van der Waals surface area contributed by atoms with Crippen molar-refractivity contribution in [2.45, 2.75) is 18.7 Å². The van der Waals surface area contributed by atoms with E-state index in [1.54, 1.807) is 25.2 Å². The SMILES string of the molecule is CN=C(NCCCN(C)c1ccccc1F)NCc1cc(F)ccc1CS(C)(=O)=O. The maximum atomic E-state index is 13.8. The summed E-state index contributed by atoms with van der Waals surface area (Å²) in [6, 6.07) is 10.7. The second kappa shape index (κ2) is 10.9. The number of guanidine groups is 1. The van der Waals surface area contributed by atoms with E-state index in [9.17, 15) is 17.2 Å². The van der Waals surface area contributed by atoms with E-state index < -0.39 is 15.7 Å². The van der Waals surface area contributed by atoms with Crippen LogP contribution in [0.1, 0.15) is 17.5 Å². The standard InChI is InChI=1S/C21H28F2N4O2S/c1-24-21(25-11-6-12-27(2)20-8-5-4-7-19(20)23)26-14-17-13-18(22)10-9-16(17)15-30(3,28)29/h4-5,7-10,13H,6,11-12,14-15H2,1-3H3,(H2,24,25,26). The third-order valence-electron chi connectivity index (χ3n) is 4.48. The summed E-state index contributed by atoms with van der Waals surface area (Å²) in [6.07, 6.45) is 1.89. The molecule has 0 aliphatic carbocycles. The fraction of sp³-hybridized carbons (Fsp3) is 0.381. The number of nitrogens with zero attached hydrogens (tertiary/aromatic N) is 2. The Bertz CT molecular complexity index is 981. The number of anilines is 1. The molecule has 0 spiro atoms. The number of para-hydroxylation sites is 1. The van der Waals surface area contributed by atoms with Crippen LogP contribution in [0.15, 0.2) is 47.5 Å². The lowest BCUT2D eigenvalue weighted by atomic mass is 10.1. The van der Waals surface area contributed by atoms with Crippen molar-refractivity contribution >= 4 is 21.5 Å². The second-order valence-electron chi connectivity index (χ2n) is 7.06. The van der Waals surface area contributed by atoms with Gasteiger partial charge in [0.1, 0.15) is 11.6 Å². The second-order valence-corrected chi connectivity index (χ2v) is 9.20. The van der Waals surface area contributed by atoms with Gasteiger partial charge in [-0.25, -0.2) is 17.2 Å². The molecule has 0 saturated heterocycles. The Balaban J connectivity index is 1.86. The van der Waals surface area contributed by atoms with Crippen LogP contribution in [0.25, 0.3) is 0 Å². The molecule has 2 rings (SSSR count). The van der Waals surface area contributed by atoms with E-state index in [1.165, 1.54) is 24.3 Å². The molecule has 30 heavy (non-hydrogen) atoms. The van der Waals surface area contributed by atoms with Gasteiger partial charge in [0.25, 0.3) is 0 Å². The van der Waals surface area contributed by atoms with E-state index in [-0.39, 0.29) is 18.1 Å². The Morgan fingerprint density at radius 3 is 2.50 bits per heavy atom. The van der Waals surface area contributed by atoms with Crippen molar-refractivity contribution in [3.63, 3.8) is 0 Å². The predicted molar refractivity (Wildman–Crippen MR) is 117 cm³/mol. The number of hydrogen-bond donors (Lipinski definition) is 2. The first-order valence-corrected chi connectivity index (χ1v) is 11.6. The summed E-state index contributed by atoms with van der Waals surface area (Å²) in [6.45, 7) is 1.47. The first kappa shape index (κ1) is 23.6. The lowest BCUT2D eigenvalue weighted by Crippen LogP contribution is -2.38. The zero-order valence-corrected chi connectivity index (χ0v) is 18.3. The van der Waals surface area contributed by atoms with Gasteiger partial charge in [-0.05, 0) is 41.8 Å². The van der Waals surface area contributed by atoms with Gasteiger partial charge < -0.3 is 15.5 Å². The molecule has 0 aliphatic rings. The highest BCUT2D eigenvalue weighted by Gasteiger charge is 2.11. The molecule has 0 aliphatic heterocycles. The Labute approximate surface area is 176 Å². The summed E-state index contributed by atoms with van der Waals surface area (Å²) in [5.41, 5.74) is 1.65. The minimum atomic E-state index is -3.24. The van der Waals surface area contributed by atoms with E-state index in [0.717, 1.165) is 12.7 Å². The summed E-state index contributed by atoms with van der Waals surface area (Å²) in [5, 5.41) is 6.22. The van der Waals surface area contributed by atoms with Crippen molar-refractivity contribution < 1.29 is 17.2 Å². The molecule has 0 fully saturated rings. The fourth-order valence-corrected chi connectivity index (χ4v) is 3.83. The molecule has 2 aromatic rings. The number of rotatable bonds is 9. The smallest absolute Gasteiger partial charge is 0.191 e. The predicted octanol–water partition coefficient (Wildman–Crippen LogP) is 2.70. The Morgan fingerprint density at radius 1 is 1.10 bits per heavy atom. The number of sulfone groups is 1. The van der Waals surface area contributed by atoms with Crippen molar-refractivity contribution in [2.75, 3.05) is 38.3 Å². The lowest BCUT2D eigenvalue weighted by Gasteiger charge is -2.20. The van der Waals surface area contributed by atoms with Gasteiger partial charge >= 0.3 is 0 Å². The molecule has 0 bridgehead atoms. The van der Waals surface area contributed by atoms with Crippen molar-refractivity contribution in [1.29, 1.82) is 0 Å². The average Bonchev–Trinajstić information content (AvgIpc) is 2.68. The van der Waals surface area contributed by atoms with Crippen molar-refractivity contribution in [3.05, 3.63) is 65.2 Å². The monoisotopic (exact) mass is 438 g/mol. The van der Waals surface area contributed by atoms with Gasteiger partial charge in [-0.1, -0.05) is 18.2 Å². The maximum absolute atomic E-state index is 13.8. The fourth-order valence-electron chi connectivity index (χ4n) is 2.99. The Kier molecular flexibility index (Phi) is 8.58. The third-order valence-corrected chi connectivity index (χ3v) is 5.32. The lowest BCUT2D eigenvalue weighted by molar-refractivity contribution is 0.599. The first-order chi connectivity index (χ1) is 14.2. The third kappa shape index (κ3) is 7.62. The molecule has 2 N–H and O–H groups in total. The molecule has 0 atom stereocenters. The van der Waals surface area contributed by atoms with Crippen LogP contribution < -0.4 is 15.5 Å². The van der Waals surface area contributed by atoms with Crippen LogP contribution in [0.5, 0.6) is 0 Å². The van der Waals surface area contributed by atoms with Gasteiger partial charge in [0.15, 0.2) is 15.8 Å². The van der Waals surface area contributed by atoms with Crippen LogP contribution in [0.2, 0.25) is 0 Å². The van der Waals surface area contributed by atoms with Crippen LogP contribution in [0, 0.1) is 11.6 Å². The summed E-state index contributed by atoms with van der Waals surface area (Å²) in [4.78, 5) is 5.97. The average molecular weight is 439 g/mol. The zero-order chi connectivity index (χ0) is 22.1. The number of halogens is 2. The van der Waals surface area contributed by atoms with Crippen molar-refractivity contribution in [2.24, 2.45) is 4.99 Å². The molecular formula is C21H28F2N4O2S. The van der Waals surface area contributed by atoms with Crippen LogP contribution >= 0.6 is 0 Å². The highest BCUT2D eigenvalue weighted by Crippen LogP contribution is 2.17. The van der Waals surface area contributed by atoms with Crippen molar-refractivity contribution in [1.82, 2.24) is 10.6 Å². The minimum Gasteiger partial charge on any atom is -0.372 e. The molecule has 2 aromatic carbocycles. The summed E-state index contributed by atoms with van der Waals surface area (Å²) < 4.78 is 50.6. The molecule has 6 nitrogen and oxygen atoms in total. The van der Waals surface area contributed by atoms with Crippen LogP contribution in [0.4, 0.5) is 14.5 Å². The molecule has 0 radical (unpaired) electrons. The van der Waals surface area contributed by atoms with Crippen LogP contribution in [-0.2, 0) is 22.1 Å². The molecule has 0 heterocycles. The Hall–Kier alpha value is -2.68. The largest absolute Gasteiger partial charge is 0.372 e. The topological polar surface area (TPSA) is 73.8 Å². The first-order valence-electron chi connectivity index (χ1n) is 9.55. The van der Waals surface area contributed by atoms with Crippen LogP contribution in [-0.4, -0.2) is 47.8 Å². The molecule has 164 valence electrons. The van der Waals surface area contributed by atoms with E-state index in [4.69, 9.17) is 0 Å². The zero-order valence-electron chi connectivity index (χ0n) is 17.5. The maximum Gasteiger partial charge on any atom is 0.191 e. The molecular weight excluding hydrogens is 410 g/mol. The number of nitrogens with one attached hydrogen (secondary N) is 2. The summed E-state index contributed by atoms with van der Waals surface area (Å²) in [5.74, 6) is -0.328. The minimum absolute atomic E-state index is 0.154. The molecule has 0 amide bonds. The number of benzene rings is 2. The van der Waals surface area contributed by atoms with Crippen molar-refractivity contribution in [3.8, 4) is 0 Å². The molecule has 9 heteroatoms. The van der Waals surface area contributed by atoms with E-state index >= 15 is 0 Å². The number of aliphatic imine (C=N–C) groups is 1.